The standard InChI is InChI=1S/C18H12ClNO4S2/c1-2-7-20-16(21)15(26-18(20)25)9-11-4-6-14(24-11)10-3-5-12(17(22)23)13(19)8-10/h2-6,8-9H,1,7H2,(H,22,23)/b15-9-. The van der Waals surface area contributed by atoms with E-state index in [0.29, 0.717) is 32.9 Å². The summed E-state index contributed by atoms with van der Waals surface area (Å²) in [6.45, 7) is 3.98. The molecule has 2 aromatic rings. The molecule has 0 aliphatic carbocycles. The number of hydrogen-bond donors (Lipinski definition) is 1. The summed E-state index contributed by atoms with van der Waals surface area (Å²) in [5.74, 6) is -0.288. The van der Waals surface area contributed by atoms with Gasteiger partial charge in [0, 0.05) is 18.2 Å². The van der Waals surface area contributed by atoms with Crippen LogP contribution in [0.5, 0.6) is 0 Å². The predicted octanol–water partition coefficient (Wildman–Crippen LogP) is 4.69. The van der Waals surface area contributed by atoms with Gasteiger partial charge in [-0.15, -0.1) is 6.58 Å². The lowest BCUT2D eigenvalue weighted by molar-refractivity contribution is -0.121. The van der Waals surface area contributed by atoms with Crippen molar-refractivity contribution in [2.24, 2.45) is 0 Å². The van der Waals surface area contributed by atoms with Crippen molar-refractivity contribution in [2.45, 2.75) is 0 Å². The minimum atomic E-state index is -1.09. The smallest absolute Gasteiger partial charge is 0.337 e. The molecule has 2 heterocycles. The van der Waals surface area contributed by atoms with Crippen molar-refractivity contribution in [1.82, 2.24) is 4.90 Å². The number of carboxylic acid groups (broad SMARTS) is 1. The number of benzene rings is 1. The van der Waals surface area contributed by atoms with E-state index in [4.69, 9.17) is 33.3 Å². The molecule has 26 heavy (non-hydrogen) atoms. The quantitative estimate of drug-likeness (QED) is 0.442. The highest BCUT2D eigenvalue weighted by Crippen LogP contribution is 2.34. The van der Waals surface area contributed by atoms with Crippen molar-refractivity contribution in [2.75, 3.05) is 6.54 Å². The number of carbonyl (C=O) groups is 2. The molecular formula is C18H12ClNO4S2. The lowest BCUT2D eigenvalue weighted by atomic mass is 10.1. The van der Waals surface area contributed by atoms with Gasteiger partial charge < -0.3 is 9.52 Å². The highest BCUT2D eigenvalue weighted by atomic mass is 35.5. The second kappa shape index (κ2) is 7.49. The van der Waals surface area contributed by atoms with E-state index in [0.717, 1.165) is 0 Å². The number of amides is 1. The molecule has 8 heteroatoms. The van der Waals surface area contributed by atoms with E-state index in [1.807, 2.05) is 0 Å². The van der Waals surface area contributed by atoms with Crippen molar-refractivity contribution < 1.29 is 19.1 Å². The van der Waals surface area contributed by atoms with Crippen LogP contribution < -0.4 is 0 Å². The van der Waals surface area contributed by atoms with Crippen molar-refractivity contribution >= 4 is 57.9 Å². The molecule has 1 amide bonds. The Hall–Kier alpha value is -2.35. The number of halogens is 1. The van der Waals surface area contributed by atoms with Crippen LogP contribution in [0.25, 0.3) is 17.4 Å². The molecule has 132 valence electrons. The van der Waals surface area contributed by atoms with Gasteiger partial charge in [0.15, 0.2) is 0 Å². The minimum absolute atomic E-state index is 0.0214. The highest BCUT2D eigenvalue weighted by molar-refractivity contribution is 8.26. The fourth-order valence-electron chi connectivity index (χ4n) is 2.34. The number of carboxylic acids is 1. The summed E-state index contributed by atoms with van der Waals surface area (Å²) in [7, 11) is 0. The molecule has 0 saturated carbocycles. The molecule has 1 aromatic heterocycles. The van der Waals surface area contributed by atoms with Crippen LogP contribution >= 0.6 is 35.6 Å². The zero-order valence-corrected chi connectivity index (χ0v) is 15.7. The van der Waals surface area contributed by atoms with Gasteiger partial charge in [-0.2, -0.15) is 0 Å². The Balaban J connectivity index is 1.86. The van der Waals surface area contributed by atoms with Crippen molar-refractivity contribution in [3.05, 3.63) is 64.2 Å². The molecule has 1 aliphatic heterocycles. The fraction of sp³-hybridized carbons (Fsp3) is 0.0556. The van der Waals surface area contributed by atoms with E-state index < -0.39 is 5.97 Å². The predicted molar refractivity (Wildman–Crippen MR) is 106 cm³/mol. The number of nitrogens with zero attached hydrogens (tertiary/aromatic N) is 1. The Kier molecular flexibility index (Phi) is 5.31. The average Bonchev–Trinajstić information content (AvgIpc) is 3.15. The van der Waals surface area contributed by atoms with E-state index in [9.17, 15) is 9.59 Å². The molecule has 1 fully saturated rings. The van der Waals surface area contributed by atoms with Gasteiger partial charge in [-0.25, -0.2) is 4.79 Å². The van der Waals surface area contributed by atoms with Crippen LogP contribution in [-0.4, -0.2) is 32.7 Å². The summed E-state index contributed by atoms with van der Waals surface area (Å²) in [5, 5.41) is 9.15. The maximum atomic E-state index is 12.3. The first-order valence-corrected chi connectivity index (χ1v) is 9.00. The van der Waals surface area contributed by atoms with Crippen LogP contribution in [-0.2, 0) is 4.79 Å². The third kappa shape index (κ3) is 3.60. The lowest BCUT2D eigenvalue weighted by Crippen LogP contribution is -2.27. The second-order valence-corrected chi connectivity index (χ2v) is 7.37. The van der Waals surface area contributed by atoms with Gasteiger partial charge in [-0.1, -0.05) is 47.7 Å². The SMILES string of the molecule is C=CCN1C(=O)/C(=C/c2ccc(-c3ccc(C(=O)O)c(Cl)c3)o2)SC1=S. The van der Waals surface area contributed by atoms with Crippen LogP contribution in [0, 0.1) is 0 Å². The number of hydrogen-bond acceptors (Lipinski definition) is 5. The summed E-state index contributed by atoms with van der Waals surface area (Å²) in [6, 6.07) is 8.00. The first kappa shape index (κ1) is 18.4. The zero-order valence-electron chi connectivity index (χ0n) is 13.3. The summed E-state index contributed by atoms with van der Waals surface area (Å²) < 4.78 is 6.21. The van der Waals surface area contributed by atoms with Gasteiger partial charge in [-0.05, 0) is 24.3 Å². The van der Waals surface area contributed by atoms with Crippen LogP contribution in [0.1, 0.15) is 16.1 Å². The van der Waals surface area contributed by atoms with E-state index in [1.165, 1.54) is 28.8 Å². The number of carbonyl (C=O) groups excluding carboxylic acids is 1. The average molecular weight is 406 g/mol. The monoisotopic (exact) mass is 405 g/mol. The van der Waals surface area contributed by atoms with Gasteiger partial charge in [0.25, 0.3) is 5.91 Å². The first-order valence-electron chi connectivity index (χ1n) is 7.40. The molecule has 1 saturated heterocycles. The number of thiocarbonyl (C=S) groups is 1. The first-order chi connectivity index (χ1) is 12.4. The Morgan fingerprint density at radius 3 is 2.81 bits per heavy atom. The molecule has 0 spiro atoms. The van der Waals surface area contributed by atoms with Crippen molar-refractivity contribution in [1.29, 1.82) is 0 Å². The van der Waals surface area contributed by atoms with E-state index in [-0.39, 0.29) is 16.5 Å². The molecule has 3 rings (SSSR count). The largest absolute Gasteiger partial charge is 0.478 e. The van der Waals surface area contributed by atoms with Crippen LogP contribution in [0.4, 0.5) is 0 Å². The topological polar surface area (TPSA) is 70.8 Å². The maximum Gasteiger partial charge on any atom is 0.337 e. The van der Waals surface area contributed by atoms with Crippen LogP contribution in [0.3, 0.4) is 0 Å². The highest BCUT2D eigenvalue weighted by Gasteiger charge is 2.31. The molecule has 0 bridgehead atoms. The zero-order chi connectivity index (χ0) is 18.8. The molecule has 0 radical (unpaired) electrons. The number of thioether (sulfide) groups is 1. The van der Waals surface area contributed by atoms with Gasteiger partial charge in [-0.3, -0.25) is 9.69 Å². The summed E-state index contributed by atoms with van der Waals surface area (Å²) in [6.07, 6.45) is 3.24. The van der Waals surface area contributed by atoms with Gasteiger partial charge >= 0.3 is 5.97 Å². The summed E-state index contributed by atoms with van der Waals surface area (Å²) in [5.41, 5.74) is 0.659. The normalized spacial score (nSPS) is 15.7. The number of furan rings is 1. The van der Waals surface area contributed by atoms with E-state index >= 15 is 0 Å². The van der Waals surface area contributed by atoms with E-state index in [2.05, 4.69) is 6.58 Å². The summed E-state index contributed by atoms with van der Waals surface area (Å²) in [4.78, 5) is 25.3. The third-order valence-corrected chi connectivity index (χ3v) is 5.26. The Bertz CT molecular complexity index is 964. The minimum Gasteiger partial charge on any atom is -0.478 e. The molecule has 0 unspecified atom stereocenters. The number of aromatic carboxylic acids is 1. The Morgan fingerprint density at radius 1 is 1.38 bits per heavy atom. The van der Waals surface area contributed by atoms with Crippen molar-refractivity contribution in [3.63, 3.8) is 0 Å². The van der Waals surface area contributed by atoms with E-state index in [1.54, 1.807) is 30.4 Å². The second-order valence-electron chi connectivity index (χ2n) is 5.28. The fourth-order valence-corrected chi connectivity index (χ4v) is 3.86. The van der Waals surface area contributed by atoms with Crippen LogP contribution in [0.15, 0.2) is 52.3 Å². The Labute approximate surface area is 163 Å². The Morgan fingerprint density at radius 2 is 2.15 bits per heavy atom. The van der Waals surface area contributed by atoms with Gasteiger partial charge in [0.1, 0.15) is 15.8 Å². The molecular weight excluding hydrogens is 394 g/mol. The van der Waals surface area contributed by atoms with Gasteiger partial charge in [0.2, 0.25) is 0 Å². The van der Waals surface area contributed by atoms with Crippen LogP contribution in [0.2, 0.25) is 5.02 Å². The lowest BCUT2D eigenvalue weighted by Gasteiger charge is -2.10. The molecule has 1 aliphatic rings. The van der Waals surface area contributed by atoms with Crippen molar-refractivity contribution in [3.8, 4) is 11.3 Å². The maximum absolute atomic E-state index is 12.3. The molecule has 0 atom stereocenters. The third-order valence-electron chi connectivity index (χ3n) is 3.57. The molecule has 5 nitrogen and oxygen atoms in total. The molecule has 1 aromatic carbocycles. The number of rotatable bonds is 5. The van der Waals surface area contributed by atoms with Gasteiger partial charge in [0.05, 0.1) is 15.5 Å². The molecule has 1 N–H and O–H groups in total. The summed E-state index contributed by atoms with van der Waals surface area (Å²) >= 11 is 12.4.